The van der Waals surface area contributed by atoms with Gasteiger partial charge in [-0.3, -0.25) is 4.79 Å². The molecule has 1 aliphatic heterocycles. The molecule has 2 N–H and O–H groups in total. The van der Waals surface area contributed by atoms with Crippen molar-refractivity contribution in [2.24, 2.45) is 10.1 Å². The SMILES string of the molecule is [N-]=[N+]=NCc1ccccc1C[C@@]1(C(=O)NCCc2cc(F)cc(F)c2)N=C(c2ccc(OCCCO)cc2)O[C@@H]1c1ccccc1. The summed E-state index contributed by atoms with van der Waals surface area (Å²) < 4.78 is 39.9. The van der Waals surface area contributed by atoms with Crippen LogP contribution in [-0.4, -0.2) is 42.2 Å². The van der Waals surface area contributed by atoms with Crippen LogP contribution >= 0.6 is 0 Å². The summed E-state index contributed by atoms with van der Waals surface area (Å²) in [6.45, 7) is 0.569. The molecule has 46 heavy (non-hydrogen) atoms. The maximum absolute atomic E-state index is 14.4. The van der Waals surface area contributed by atoms with Crippen LogP contribution in [0.5, 0.6) is 5.75 Å². The molecule has 0 radical (unpaired) electrons. The third-order valence-corrected chi connectivity index (χ3v) is 7.64. The standard InChI is InChI=1S/C35H33F2N5O4/c36-29-19-24(20-30(37)21-29)15-16-39-34(44)35(22-27-9-4-5-10-28(27)23-40-42-38)32(25-7-2-1-3-8-25)46-33(41-35)26-11-13-31(14-12-26)45-18-6-17-43/h1-5,7-14,19-21,32,43H,6,15-18,22-23H2,(H,39,44)/t32-,35-/m1/s1. The molecule has 0 fully saturated rings. The highest BCUT2D eigenvalue weighted by Crippen LogP contribution is 2.43. The second kappa shape index (κ2) is 15.2. The fourth-order valence-corrected chi connectivity index (χ4v) is 5.42. The monoisotopic (exact) mass is 625 g/mol. The second-order valence-electron chi connectivity index (χ2n) is 10.8. The highest BCUT2D eigenvalue weighted by atomic mass is 19.1. The van der Waals surface area contributed by atoms with Crippen molar-refractivity contribution in [3.8, 4) is 5.75 Å². The average molecular weight is 626 g/mol. The van der Waals surface area contributed by atoms with Gasteiger partial charge in [0.1, 0.15) is 17.4 Å². The molecule has 1 heterocycles. The molecule has 0 aliphatic carbocycles. The van der Waals surface area contributed by atoms with E-state index < -0.39 is 29.2 Å². The number of ether oxygens (including phenoxy) is 2. The van der Waals surface area contributed by atoms with Crippen molar-refractivity contribution in [3.05, 3.63) is 147 Å². The molecule has 1 aliphatic rings. The first-order valence-electron chi connectivity index (χ1n) is 14.9. The van der Waals surface area contributed by atoms with Crippen LogP contribution in [0, 0.1) is 11.6 Å². The van der Waals surface area contributed by atoms with Crippen molar-refractivity contribution >= 4 is 11.8 Å². The number of hydrogen-bond acceptors (Lipinski definition) is 6. The van der Waals surface area contributed by atoms with Crippen LogP contribution in [0.4, 0.5) is 8.78 Å². The van der Waals surface area contributed by atoms with Gasteiger partial charge in [0.15, 0.2) is 11.6 Å². The Balaban J connectivity index is 1.54. The van der Waals surface area contributed by atoms with Gasteiger partial charge in [-0.15, -0.1) is 0 Å². The zero-order valence-corrected chi connectivity index (χ0v) is 25.0. The molecule has 0 saturated heterocycles. The fraction of sp³-hybridized carbons (Fsp3) is 0.257. The number of azide groups is 1. The zero-order valence-electron chi connectivity index (χ0n) is 25.0. The van der Waals surface area contributed by atoms with E-state index >= 15 is 0 Å². The van der Waals surface area contributed by atoms with Crippen LogP contribution in [0.15, 0.2) is 107 Å². The predicted octanol–water partition coefficient (Wildman–Crippen LogP) is 6.39. The van der Waals surface area contributed by atoms with Crippen LogP contribution < -0.4 is 10.1 Å². The number of carbonyl (C=O) groups excluding carboxylic acids is 1. The Hall–Kier alpha value is -5.25. The molecule has 0 unspecified atom stereocenters. The van der Waals surface area contributed by atoms with Gasteiger partial charge in [0.2, 0.25) is 5.90 Å². The summed E-state index contributed by atoms with van der Waals surface area (Å²) in [5, 5.41) is 15.7. The number of nitrogens with one attached hydrogen (secondary N) is 1. The van der Waals surface area contributed by atoms with Crippen LogP contribution in [0.25, 0.3) is 10.4 Å². The van der Waals surface area contributed by atoms with Gasteiger partial charge in [0, 0.05) is 42.5 Å². The quantitative estimate of drug-likeness (QED) is 0.0728. The molecule has 4 aromatic rings. The van der Waals surface area contributed by atoms with E-state index in [4.69, 9.17) is 25.1 Å². The van der Waals surface area contributed by atoms with Crippen molar-refractivity contribution in [1.29, 1.82) is 0 Å². The van der Waals surface area contributed by atoms with Crippen molar-refractivity contribution < 1.29 is 28.2 Å². The number of aliphatic imine (C=N–C) groups is 1. The maximum atomic E-state index is 14.4. The number of carbonyl (C=O) groups is 1. The summed E-state index contributed by atoms with van der Waals surface area (Å²) in [6.07, 6.45) is -0.0442. The van der Waals surface area contributed by atoms with E-state index in [2.05, 4.69) is 15.3 Å². The lowest BCUT2D eigenvalue weighted by molar-refractivity contribution is -0.128. The Bertz CT molecular complexity index is 1710. The number of rotatable bonds is 14. The Kier molecular flexibility index (Phi) is 10.6. The molecule has 9 nitrogen and oxygen atoms in total. The summed E-state index contributed by atoms with van der Waals surface area (Å²) in [4.78, 5) is 22.3. The van der Waals surface area contributed by atoms with E-state index in [-0.39, 0.29) is 38.4 Å². The lowest BCUT2D eigenvalue weighted by atomic mass is 9.81. The maximum Gasteiger partial charge on any atom is 0.252 e. The van der Waals surface area contributed by atoms with Crippen LogP contribution in [0.2, 0.25) is 0 Å². The van der Waals surface area contributed by atoms with Crippen molar-refractivity contribution in [2.45, 2.75) is 37.5 Å². The average Bonchev–Trinajstić information content (AvgIpc) is 3.45. The molecule has 4 aromatic carbocycles. The van der Waals surface area contributed by atoms with Crippen molar-refractivity contribution in [1.82, 2.24) is 5.32 Å². The van der Waals surface area contributed by atoms with Gasteiger partial charge in [-0.05, 0) is 70.6 Å². The minimum absolute atomic E-state index is 0.0267. The van der Waals surface area contributed by atoms with Gasteiger partial charge in [0.05, 0.1) is 13.2 Å². The largest absolute Gasteiger partial charge is 0.494 e. The summed E-state index contributed by atoms with van der Waals surface area (Å²) in [7, 11) is 0. The Morgan fingerprint density at radius 2 is 1.70 bits per heavy atom. The van der Waals surface area contributed by atoms with E-state index in [1.165, 1.54) is 12.1 Å². The molecule has 2 atom stereocenters. The molecule has 1 amide bonds. The van der Waals surface area contributed by atoms with E-state index in [0.29, 0.717) is 29.9 Å². The zero-order chi connectivity index (χ0) is 32.4. The van der Waals surface area contributed by atoms with Gasteiger partial charge in [-0.1, -0.05) is 59.7 Å². The predicted molar refractivity (Wildman–Crippen MR) is 169 cm³/mol. The first kappa shape index (κ1) is 32.2. The number of halogens is 2. The van der Waals surface area contributed by atoms with Crippen LogP contribution in [0.1, 0.15) is 40.3 Å². The number of aliphatic hydroxyl groups excluding tert-OH is 1. The Morgan fingerprint density at radius 1 is 1.00 bits per heavy atom. The van der Waals surface area contributed by atoms with E-state index in [1.807, 2.05) is 54.6 Å². The Morgan fingerprint density at radius 3 is 2.39 bits per heavy atom. The minimum atomic E-state index is -1.51. The molecular weight excluding hydrogens is 592 g/mol. The number of amides is 1. The summed E-state index contributed by atoms with van der Waals surface area (Å²) in [5.74, 6) is -0.953. The van der Waals surface area contributed by atoms with Gasteiger partial charge in [0.25, 0.3) is 5.91 Å². The van der Waals surface area contributed by atoms with Gasteiger partial charge in [-0.2, -0.15) is 0 Å². The molecule has 0 aromatic heterocycles. The van der Waals surface area contributed by atoms with Gasteiger partial charge >= 0.3 is 0 Å². The van der Waals surface area contributed by atoms with Crippen molar-refractivity contribution in [2.75, 3.05) is 19.8 Å². The summed E-state index contributed by atoms with van der Waals surface area (Å²) >= 11 is 0. The molecule has 5 rings (SSSR count). The van der Waals surface area contributed by atoms with E-state index in [9.17, 15) is 13.6 Å². The number of benzene rings is 4. The second-order valence-corrected chi connectivity index (χ2v) is 10.8. The highest BCUT2D eigenvalue weighted by Gasteiger charge is 2.53. The van der Waals surface area contributed by atoms with E-state index in [0.717, 1.165) is 22.8 Å². The molecular formula is C35H33F2N5O4. The van der Waals surface area contributed by atoms with Crippen LogP contribution in [0.3, 0.4) is 0 Å². The normalized spacial score (nSPS) is 17.0. The molecule has 0 saturated carbocycles. The molecule has 236 valence electrons. The first-order chi connectivity index (χ1) is 22.4. The lowest BCUT2D eigenvalue weighted by Crippen LogP contribution is -2.50. The highest BCUT2D eigenvalue weighted by molar-refractivity contribution is 6.01. The molecule has 0 bridgehead atoms. The molecule has 0 spiro atoms. The fourth-order valence-electron chi connectivity index (χ4n) is 5.42. The van der Waals surface area contributed by atoms with Crippen molar-refractivity contribution in [3.63, 3.8) is 0 Å². The summed E-state index contributed by atoms with van der Waals surface area (Å²) in [5.41, 5.74) is 10.7. The summed E-state index contributed by atoms with van der Waals surface area (Å²) in [6, 6.07) is 27.0. The van der Waals surface area contributed by atoms with E-state index in [1.54, 1.807) is 24.3 Å². The number of nitrogens with zero attached hydrogens (tertiary/aromatic N) is 4. The smallest absolute Gasteiger partial charge is 0.252 e. The minimum Gasteiger partial charge on any atom is -0.494 e. The third-order valence-electron chi connectivity index (χ3n) is 7.64. The first-order valence-corrected chi connectivity index (χ1v) is 14.9. The molecule has 11 heteroatoms. The Labute approximate surface area is 265 Å². The topological polar surface area (TPSA) is 129 Å². The lowest BCUT2D eigenvalue weighted by Gasteiger charge is -2.31. The number of aliphatic hydroxyl groups is 1. The van der Waals surface area contributed by atoms with Gasteiger partial charge in [-0.25, -0.2) is 13.8 Å². The number of hydrogen-bond donors (Lipinski definition) is 2. The van der Waals surface area contributed by atoms with Gasteiger partial charge < -0.3 is 19.9 Å². The van der Waals surface area contributed by atoms with Crippen LogP contribution in [-0.2, 0) is 28.9 Å². The third kappa shape index (κ3) is 7.69.